The second kappa shape index (κ2) is 10.8. The first kappa shape index (κ1) is 24.6. The van der Waals surface area contributed by atoms with Gasteiger partial charge >= 0.3 is 5.69 Å². The van der Waals surface area contributed by atoms with Gasteiger partial charge in [0.2, 0.25) is 0 Å². The van der Waals surface area contributed by atoms with Gasteiger partial charge in [-0.25, -0.2) is 15.2 Å². The third-order valence-corrected chi connectivity index (χ3v) is 6.23. The third-order valence-electron chi connectivity index (χ3n) is 5.26. The topological polar surface area (TPSA) is 157 Å². The molecule has 0 unspecified atom stereocenters. The number of hydrazone groups is 1. The van der Waals surface area contributed by atoms with Crippen molar-refractivity contribution in [3.05, 3.63) is 96.7 Å². The first-order valence-corrected chi connectivity index (χ1v) is 11.7. The average Bonchev–Trinajstić information content (AvgIpc) is 3.25. The molecule has 12 nitrogen and oxygen atoms in total. The first-order chi connectivity index (χ1) is 17.3. The van der Waals surface area contributed by atoms with Crippen LogP contribution in [0.3, 0.4) is 0 Å². The minimum atomic E-state index is -0.579. The highest BCUT2D eigenvalue weighted by Crippen LogP contribution is 2.22. The number of benzene rings is 2. The maximum absolute atomic E-state index is 12.6. The molecule has 13 heteroatoms. The number of nitro benzene ring substituents is 1. The van der Waals surface area contributed by atoms with E-state index in [1.54, 1.807) is 10.6 Å². The van der Waals surface area contributed by atoms with E-state index in [-0.39, 0.29) is 22.6 Å². The van der Waals surface area contributed by atoms with E-state index in [0.717, 1.165) is 17.3 Å². The highest BCUT2D eigenvalue weighted by Gasteiger charge is 2.18. The largest absolute Gasteiger partial charge is 0.329 e. The fourth-order valence-electron chi connectivity index (χ4n) is 3.48. The molecule has 0 radical (unpaired) electrons. The van der Waals surface area contributed by atoms with Gasteiger partial charge in [0.15, 0.2) is 16.3 Å². The van der Waals surface area contributed by atoms with Gasteiger partial charge in [0.25, 0.3) is 17.2 Å². The molecule has 2 aromatic carbocycles. The summed E-state index contributed by atoms with van der Waals surface area (Å²) < 4.78 is 2.95. The molecule has 184 valence electrons. The van der Waals surface area contributed by atoms with Gasteiger partial charge in [-0.3, -0.25) is 29.3 Å². The van der Waals surface area contributed by atoms with Gasteiger partial charge in [-0.05, 0) is 12.0 Å². The van der Waals surface area contributed by atoms with E-state index in [2.05, 4.69) is 20.5 Å². The van der Waals surface area contributed by atoms with E-state index < -0.39 is 22.1 Å². The lowest BCUT2D eigenvalue weighted by molar-refractivity contribution is -0.384. The van der Waals surface area contributed by atoms with Crippen LogP contribution in [0.4, 0.5) is 5.69 Å². The van der Waals surface area contributed by atoms with Crippen molar-refractivity contribution in [2.45, 2.75) is 18.1 Å². The van der Waals surface area contributed by atoms with E-state index in [0.29, 0.717) is 23.7 Å². The van der Waals surface area contributed by atoms with Crippen molar-refractivity contribution in [2.24, 2.45) is 12.1 Å². The van der Waals surface area contributed by atoms with Crippen LogP contribution in [0.25, 0.3) is 11.2 Å². The standard InChI is InChI=1S/C23H21N7O5S/c1-28-20-19(21(32)26-22(28)33)29(11-10-15-6-3-2-4-7-15)23(25-20)36-14-18(31)27-24-13-16-8-5-9-17(12-16)30(34)35/h2-9,12-13H,10-11,14H2,1H3,(H,27,31)(H,26,32,33). The van der Waals surface area contributed by atoms with Crippen LogP contribution >= 0.6 is 11.8 Å². The second-order valence-corrected chi connectivity index (χ2v) is 8.65. The Labute approximate surface area is 207 Å². The zero-order chi connectivity index (χ0) is 25.7. The minimum absolute atomic E-state index is 0.0627. The van der Waals surface area contributed by atoms with Crippen molar-refractivity contribution in [3.63, 3.8) is 0 Å². The molecule has 0 aliphatic heterocycles. The van der Waals surface area contributed by atoms with Gasteiger partial charge in [-0.2, -0.15) is 5.10 Å². The number of imidazole rings is 1. The summed E-state index contributed by atoms with van der Waals surface area (Å²) >= 11 is 1.10. The van der Waals surface area contributed by atoms with Crippen molar-refractivity contribution in [1.82, 2.24) is 24.5 Å². The number of amides is 1. The Balaban J connectivity index is 1.50. The highest BCUT2D eigenvalue weighted by molar-refractivity contribution is 7.99. The number of aromatic amines is 1. The minimum Gasteiger partial charge on any atom is -0.313 e. The Morgan fingerprint density at radius 1 is 1.22 bits per heavy atom. The number of nitrogens with one attached hydrogen (secondary N) is 2. The van der Waals surface area contributed by atoms with E-state index >= 15 is 0 Å². The number of hydrogen-bond donors (Lipinski definition) is 2. The normalized spacial score (nSPS) is 11.2. The molecule has 2 aromatic heterocycles. The fourth-order valence-corrected chi connectivity index (χ4v) is 4.29. The lowest BCUT2D eigenvalue weighted by Gasteiger charge is -2.08. The Morgan fingerprint density at radius 2 is 2.00 bits per heavy atom. The van der Waals surface area contributed by atoms with Crippen LogP contribution in [0, 0.1) is 10.1 Å². The van der Waals surface area contributed by atoms with Crippen LogP contribution in [0.1, 0.15) is 11.1 Å². The molecular weight excluding hydrogens is 486 g/mol. The Hall–Kier alpha value is -4.52. The van der Waals surface area contributed by atoms with E-state index in [4.69, 9.17) is 0 Å². The van der Waals surface area contributed by atoms with Crippen molar-refractivity contribution in [1.29, 1.82) is 0 Å². The first-order valence-electron chi connectivity index (χ1n) is 10.8. The number of nitro groups is 1. The quantitative estimate of drug-likeness (QED) is 0.151. The molecule has 0 fully saturated rings. The number of carbonyl (C=O) groups excluding carboxylic acids is 1. The van der Waals surface area contributed by atoms with E-state index in [1.165, 1.54) is 36.0 Å². The molecule has 0 atom stereocenters. The number of non-ortho nitro benzene ring substituents is 1. The number of hydrogen-bond acceptors (Lipinski definition) is 8. The lowest BCUT2D eigenvalue weighted by Crippen LogP contribution is -2.29. The molecule has 1 amide bonds. The average molecular weight is 508 g/mol. The molecule has 0 bridgehead atoms. The molecule has 2 heterocycles. The zero-order valence-electron chi connectivity index (χ0n) is 19.1. The van der Waals surface area contributed by atoms with Crippen molar-refractivity contribution < 1.29 is 9.72 Å². The predicted octanol–water partition coefficient (Wildman–Crippen LogP) is 1.82. The van der Waals surface area contributed by atoms with Crippen LogP contribution in [-0.4, -0.2) is 41.9 Å². The molecule has 0 saturated heterocycles. The molecule has 4 rings (SSSR count). The van der Waals surface area contributed by atoms with Crippen LogP contribution in [0.2, 0.25) is 0 Å². The summed E-state index contributed by atoms with van der Waals surface area (Å²) in [5.74, 6) is -0.501. The van der Waals surface area contributed by atoms with Crippen LogP contribution in [0.15, 0.2) is 74.4 Å². The summed E-state index contributed by atoms with van der Waals surface area (Å²) in [6.45, 7) is 0.413. The summed E-state index contributed by atoms with van der Waals surface area (Å²) in [5, 5.41) is 15.1. The number of H-pyrrole nitrogens is 1. The van der Waals surface area contributed by atoms with Crippen molar-refractivity contribution in [3.8, 4) is 0 Å². The molecule has 0 spiro atoms. The Kier molecular flexibility index (Phi) is 7.39. The Morgan fingerprint density at radius 3 is 2.75 bits per heavy atom. The van der Waals surface area contributed by atoms with Gasteiger partial charge in [0, 0.05) is 31.3 Å². The summed E-state index contributed by atoms with van der Waals surface area (Å²) in [7, 11) is 1.51. The van der Waals surface area contributed by atoms with Gasteiger partial charge in [-0.15, -0.1) is 0 Å². The van der Waals surface area contributed by atoms with E-state index in [1.807, 2.05) is 30.3 Å². The van der Waals surface area contributed by atoms with Gasteiger partial charge in [0.1, 0.15) is 0 Å². The number of nitrogens with zero attached hydrogens (tertiary/aromatic N) is 5. The summed E-state index contributed by atoms with van der Waals surface area (Å²) in [6, 6.07) is 15.5. The predicted molar refractivity (Wildman–Crippen MR) is 135 cm³/mol. The molecule has 0 saturated carbocycles. The number of aryl methyl sites for hydroxylation is 3. The molecule has 4 aromatic rings. The molecule has 0 aliphatic rings. The number of aromatic nitrogens is 4. The fraction of sp³-hybridized carbons (Fsp3) is 0.174. The van der Waals surface area contributed by atoms with Gasteiger partial charge in [0.05, 0.1) is 16.9 Å². The van der Waals surface area contributed by atoms with Crippen molar-refractivity contribution in [2.75, 3.05) is 5.75 Å². The van der Waals surface area contributed by atoms with Gasteiger partial charge < -0.3 is 4.57 Å². The number of rotatable bonds is 9. The lowest BCUT2D eigenvalue weighted by atomic mass is 10.1. The zero-order valence-corrected chi connectivity index (χ0v) is 19.9. The Bertz CT molecular complexity index is 1570. The van der Waals surface area contributed by atoms with Crippen LogP contribution < -0.4 is 16.7 Å². The van der Waals surface area contributed by atoms with Gasteiger partial charge in [-0.1, -0.05) is 54.2 Å². The van der Waals surface area contributed by atoms with Crippen LogP contribution in [-0.2, 0) is 24.8 Å². The summed E-state index contributed by atoms with van der Waals surface area (Å²) in [5.41, 5.74) is 3.15. The van der Waals surface area contributed by atoms with Crippen LogP contribution in [0.5, 0.6) is 0 Å². The molecule has 2 N–H and O–H groups in total. The maximum atomic E-state index is 12.6. The maximum Gasteiger partial charge on any atom is 0.329 e. The number of thioether (sulfide) groups is 1. The monoisotopic (exact) mass is 507 g/mol. The highest BCUT2D eigenvalue weighted by atomic mass is 32.2. The smallest absolute Gasteiger partial charge is 0.313 e. The second-order valence-electron chi connectivity index (χ2n) is 7.71. The summed E-state index contributed by atoms with van der Waals surface area (Å²) in [6.07, 6.45) is 1.92. The number of fused-ring (bicyclic) bond motifs is 1. The van der Waals surface area contributed by atoms with Crippen molar-refractivity contribution >= 4 is 40.7 Å². The molecular formula is C23H21N7O5S. The third kappa shape index (κ3) is 5.58. The SMILES string of the molecule is Cn1c(=O)[nH]c(=O)c2c1nc(SCC(=O)NN=Cc1cccc([N+](=O)[O-])c1)n2CCc1ccccc1. The number of carbonyl (C=O) groups is 1. The molecule has 0 aliphatic carbocycles. The van der Waals surface area contributed by atoms with E-state index in [9.17, 15) is 24.5 Å². The molecule has 36 heavy (non-hydrogen) atoms. The summed E-state index contributed by atoms with van der Waals surface area (Å²) in [4.78, 5) is 54.1.